The molecule has 0 saturated heterocycles. The lowest BCUT2D eigenvalue weighted by Gasteiger charge is -2.17. The predicted octanol–water partition coefficient (Wildman–Crippen LogP) is 5.57. The van der Waals surface area contributed by atoms with Crippen LogP contribution in [0.2, 0.25) is 0 Å². The SMILES string of the molecule is COC(=O)CC1COc2cc(O[C@@H]3CCc4c(Oc5ccc(O)cc5F)ccc(F)c43)ccc21. The number of carbonyl (C=O) groups is 1. The van der Waals surface area contributed by atoms with E-state index >= 15 is 0 Å². The van der Waals surface area contributed by atoms with Crippen LogP contribution in [-0.4, -0.2) is 24.8 Å². The molecule has 1 aliphatic carbocycles. The first-order chi connectivity index (χ1) is 16.4. The third-order valence-electron chi connectivity index (χ3n) is 6.16. The van der Waals surface area contributed by atoms with Gasteiger partial charge in [0.1, 0.15) is 34.9 Å². The van der Waals surface area contributed by atoms with E-state index in [2.05, 4.69) is 0 Å². The van der Waals surface area contributed by atoms with Crippen molar-refractivity contribution in [2.45, 2.75) is 31.3 Å². The van der Waals surface area contributed by atoms with Crippen molar-refractivity contribution in [1.82, 2.24) is 0 Å². The van der Waals surface area contributed by atoms with E-state index in [0.29, 0.717) is 47.8 Å². The molecular weight excluding hydrogens is 446 g/mol. The highest BCUT2D eigenvalue weighted by atomic mass is 19.1. The number of methoxy groups -OCH3 is 1. The van der Waals surface area contributed by atoms with E-state index < -0.39 is 17.7 Å². The van der Waals surface area contributed by atoms with Crippen molar-refractivity contribution in [3.8, 4) is 28.7 Å². The number of ether oxygens (including phenoxy) is 4. The first kappa shape index (κ1) is 22.0. The number of esters is 1. The number of fused-ring (bicyclic) bond motifs is 2. The zero-order valence-electron chi connectivity index (χ0n) is 18.3. The van der Waals surface area contributed by atoms with E-state index in [4.69, 9.17) is 18.9 Å². The predicted molar refractivity (Wildman–Crippen MR) is 118 cm³/mol. The Labute approximate surface area is 194 Å². The number of phenols is 1. The van der Waals surface area contributed by atoms with Gasteiger partial charge in [-0.25, -0.2) is 8.78 Å². The van der Waals surface area contributed by atoms with E-state index in [1.54, 1.807) is 12.1 Å². The van der Waals surface area contributed by atoms with Crippen molar-refractivity contribution in [2.24, 2.45) is 0 Å². The summed E-state index contributed by atoms with van der Waals surface area (Å²) in [7, 11) is 1.35. The van der Waals surface area contributed by atoms with Crippen molar-refractivity contribution in [1.29, 1.82) is 0 Å². The van der Waals surface area contributed by atoms with Crippen LogP contribution in [0.25, 0.3) is 0 Å². The molecule has 1 N–H and O–H groups in total. The first-order valence-corrected chi connectivity index (χ1v) is 10.9. The van der Waals surface area contributed by atoms with E-state index in [1.807, 2.05) is 6.07 Å². The molecule has 0 amide bonds. The Hall–Kier alpha value is -3.81. The molecule has 0 radical (unpaired) electrons. The quantitative estimate of drug-likeness (QED) is 0.477. The summed E-state index contributed by atoms with van der Waals surface area (Å²) in [6.45, 7) is 0.378. The first-order valence-electron chi connectivity index (χ1n) is 10.9. The van der Waals surface area contributed by atoms with Crippen LogP contribution in [0.3, 0.4) is 0 Å². The fourth-order valence-electron chi connectivity index (χ4n) is 4.49. The van der Waals surface area contributed by atoms with Crippen LogP contribution in [0.1, 0.15) is 41.6 Å². The molecule has 1 unspecified atom stereocenters. The summed E-state index contributed by atoms with van der Waals surface area (Å²) in [4.78, 5) is 11.6. The topological polar surface area (TPSA) is 74.2 Å². The maximum atomic E-state index is 14.8. The maximum Gasteiger partial charge on any atom is 0.306 e. The van der Waals surface area contributed by atoms with Gasteiger partial charge in [-0.2, -0.15) is 0 Å². The van der Waals surface area contributed by atoms with Crippen LogP contribution in [0.4, 0.5) is 8.78 Å². The third kappa shape index (κ3) is 4.11. The molecule has 2 aliphatic rings. The highest BCUT2D eigenvalue weighted by Gasteiger charge is 2.32. The fourth-order valence-corrected chi connectivity index (χ4v) is 4.49. The van der Waals surface area contributed by atoms with Gasteiger partial charge in [-0.05, 0) is 43.2 Å². The van der Waals surface area contributed by atoms with E-state index in [9.17, 15) is 18.7 Å². The van der Waals surface area contributed by atoms with Crippen LogP contribution in [0.5, 0.6) is 28.7 Å². The van der Waals surface area contributed by atoms with Crippen molar-refractivity contribution in [3.05, 3.63) is 76.9 Å². The maximum absolute atomic E-state index is 14.8. The van der Waals surface area contributed by atoms with Crippen molar-refractivity contribution < 1.29 is 37.6 Å². The number of hydrogen-bond donors (Lipinski definition) is 1. The summed E-state index contributed by atoms with van der Waals surface area (Å²) in [6, 6.07) is 11.7. The number of aromatic hydroxyl groups is 1. The highest BCUT2D eigenvalue weighted by molar-refractivity contribution is 5.71. The molecule has 6 nitrogen and oxygen atoms in total. The van der Waals surface area contributed by atoms with Crippen LogP contribution in [-0.2, 0) is 16.0 Å². The lowest BCUT2D eigenvalue weighted by atomic mass is 9.98. The summed E-state index contributed by atoms with van der Waals surface area (Å²) in [5, 5.41) is 9.40. The zero-order valence-corrected chi connectivity index (χ0v) is 18.3. The Kier molecular flexibility index (Phi) is 5.73. The van der Waals surface area contributed by atoms with Gasteiger partial charge in [0.25, 0.3) is 0 Å². The van der Waals surface area contributed by atoms with Gasteiger partial charge in [0.2, 0.25) is 0 Å². The lowest BCUT2D eigenvalue weighted by Crippen LogP contribution is -2.09. The molecule has 176 valence electrons. The van der Waals surface area contributed by atoms with Crippen LogP contribution in [0, 0.1) is 11.6 Å². The normalized spacial score (nSPS) is 18.1. The molecule has 0 fully saturated rings. The van der Waals surface area contributed by atoms with E-state index in [1.165, 1.54) is 31.4 Å². The zero-order chi connectivity index (χ0) is 23.8. The minimum Gasteiger partial charge on any atom is -0.508 e. The lowest BCUT2D eigenvalue weighted by molar-refractivity contribution is -0.141. The Morgan fingerprint density at radius 1 is 1.09 bits per heavy atom. The van der Waals surface area contributed by atoms with Crippen molar-refractivity contribution >= 4 is 5.97 Å². The summed E-state index contributed by atoms with van der Waals surface area (Å²) in [6.07, 6.45) is 0.701. The average molecular weight is 468 g/mol. The fraction of sp³-hybridized carbons (Fsp3) is 0.269. The Morgan fingerprint density at radius 2 is 1.91 bits per heavy atom. The molecule has 8 heteroatoms. The van der Waals surface area contributed by atoms with Gasteiger partial charge in [-0.3, -0.25) is 4.79 Å². The number of rotatable bonds is 6. The van der Waals surface area contributed by atoms with Crippen LogP contribution >= 0.6 is 0 Å². The molecule has 3 aromatic carbocycles. The Balaban J connectivity index is 1.36. The van der Waals surface area contributed by atoms with Crippen molar-refractivity contribution in [2.75, 3.05) is 13.7 Å². The smallest absolute Gasteiger partial charge is 0.306 e. The van der Waals surface area contributed by atoms with Gasteiger partial charge in [-0.1, -0.05) is 6.07 Å². The molecule has 1 heterocycles. The van der Waals surface area contributed by atoms with Crippen molar-refractivity contribution in [3.63, 3.8) is 0 Å². The molecular formula is C26H22F2O6. The number of benzene rings is 3. The van der Waals surface area contributed by atoms with E-state index in [-0.39, 0.29) is 29.8 Å². The molecule has 3 aromatic rings. The molecule has 5 rings (SSSR count). The average Bonchev–Trinajstić information content (AvgIpc) is 3.42. The number of carbonyl (C=O) groups excluding carboxylic acids is 1. The summed E-state index contributed by atoms with van der Waals surface area (Å²) in [5.74, 6) is -0.304. The summed E-state index contributed by atoms with van der Waals surface area (Å²) < 4.78 is 51.2. The largest absolute Gasteiger partial charge is 0.508 e. The number of halogens is 2. The highest BCUT2D eigenvalue weighted by Crippen LogP contribution is 2.44. The molecule has 0 spiro atoms. The minimum absolute atomic E-state index is 0.0618. The molecule has 1 aliphatic heterocycles. The summed E-state index contributed by atoms with van der Waals surface area (Å²) >= 11 is 0. The second-order valence-corrected chi connectivity index (χ2v) is 8.29. The van der Waals surface area contributed by atoms with Gasteiger partial charge in [-0.15, -0.1) is 0 Å². The third-order valence-corrected chi connectivity index (χ3v) is 6.16. The van der Waals surface area contributed by atoms with Gasteiger partial charge >= 0.3 is 5.97 Å². The Morgan fingerprint density at radius 3 is 2.71 bits per heavy atom. The molecule has 2 atom stereocenters. The second kappa shape index (κ2) is 8.85. The van der Waals surface area contributed by atoms with E-state index in [0.717, 1.165) is 11.6 Å². The monoisotopic (exact) mass is 468 g/mol. The van der Waals surface area contributed by atoms with Crippen LogP contribution < -0.4 is 14.2 Å². The second-order valence-electron chi connectivity index (χ2n) is 8.29. The molecule has 0 aromatic heterocycles. The number of hydrogen-bond acceptors (Lipinski definition) is 6. The standard InChI is InChI=1S/C26H22F2O6/c1-31-25(30)10-14-13-32-24-12-16(3-4-17(14)24)33-23-8-5-18-21(9-6-19(27)26(18)23)34-22-7-2-15(29)11-20(22)28/h2-4,6-7,9,11-12,14,23,29H,5,8,10,13H2,1H3/t14?,23-/m1/s1. The van der Waals surface area contributed by atoms with Gasteiger partial charge in [0.05, 0.1) is 20.1 Å². The number of phenolic OH excluding ortho intramolecular Hbond substituents is 1. The minimum atomic E-state index is -0.715. The molecule has 0 saturated carbocycles. The van der Waals surface area contributed by atoms with Gasteiger partial charge < -0.3 is 24.1 Å². The van der Waals surface area contributed by atoms with Crippen LogP contribution in [0.15, 0.2) is 48.5 Å². The molecule has 0 bridgehead atoms. The Bertz CT molecular complexity index is 1260. The molecule has 34 heavy (non-hydrogen) atoms. The van der Waals surface area contributed by atoms with Gasteiger partial charge in [0, 0.05) is 34.7 Å². The van der Waals surface area contributed by atoms with Gasteiger partial charge in [0.15, 0.2) is 11.6 Å². The summed E-state index contributed by atoms with van der Waals surface area (Å²) in [5.41, 5.74) is 1.90.